The lowest BCUT2D eigenvalue weighted by molar-refractivity contribution is -0.142. The second-order valence-corrected chi connectivity index (χ2v) is 7.51. The predicted molar refractivity (Wildman–Crippen MR) is 126 cm³/mol. The van der Waals surface area contributed by atoms with Crippen molar-refractivity contribution in [3.8, 4) is 11.5 Å². The molecule has 0 radical (unpaired) electrons. The van der Waals surface area contributed by atoms with Crippen LogP contribution in [0.5, 0.6) is 11.5 Å². The topological polar surface area (TPSA) is 94.2 Å². The summed E-state index contributed by atoms with van der Waals surface area (Å²) >= 11 is 0. The molecule has 0 unspecified atom stereocenters. The van der Waals surface area contributed by atoms with Crippen molar-refractivity contribution in [2.24, 2.45) is 0 Å². The van der Waals surface area contributed by atoms with Gasteiger partial charge in [0, 0.05) is 11.3 Å². The second-order valence-electron chi connectivity index (χ2n) is 7.51. The molecule has 0 bridgehead atoms. The summed E-state index contributed by atoms with van der Waals surface area (Å²) in [5, 5.41) is 2.83. The van der Waals surface area contributed by atoms with Gasteiger partial charge in [0.25, 0.3) is 11.8 Å². The maximum Gasteiger partial charge on any atom is 0.326 e. The molecule has 174 valence electrons. The van der Waals surface area contributed by atoms with Crippen molar-refractivity contribution >= 4 is 29.2 Å². The fourth-order valence-corrected chi connectivity index (χ4v) is 3.43. The van der Waals surface area contributed by atoms with Crippen LogP contribution in [0.25, 0.3) is 0 Å². The highest BCUT2D eigenvalue weighted by Gasteiger charge is 2.28. The molecule has 1 aliphatic heterocycles. The van der Waals surface area contributed by atoms with Gasteiger partial charge in [0.15, 0.2) is 6.61 Å². The van der Waals surface area contributed by atoms with E-state index in [1.807, 2.05) is 30.3 Å². The average molecular weight is 460 g/mol. The van der Waals surface area contributed by atoms with Gasteiger partial charge in [-0.15, -0.1) is 0 Å². The minimum atomic E-state index is -0.512. The zero-order valence-electron chi connectivity index (χ0n) is 18.7. The number of carbonyl (C=O) groups excluding carboxylic acids is 3. The van der Waals surface area contributed by atoms with Crippen LogP contribution in [-0.4, -0.2) is 37.5 Å². The molecule has 1 heterocycles. The first-order valence-corrected chi connectivity index (χ1v) is 10.8. The van der Waals surface area contributed by atoms with E-state index in [1.165, 1.54) is 4.90 Å². The Morgan fingerprint density at radius 3 is 2.53 bits per heavy atom. The highest BCUT2D eigenvalue weighted by molar-refractivity contribution is 6.06. The molecule has 0 aromatic heterocycles. The molecule has 0 saturated heterocycles. The van der Waals surface area contributed by atoms with Crippen LogP contribution in [0.2, 0.25) is 0 Å². The van der Waals surface area contributed by atoms with Crippen LogP contribution in [0.3, 0.4) is 0 Å². The minimum absolute atomic E-state index is 0.215. The number of hydrogen-bond acceptors (Lipinski definition) is 6. The Kier molecular flexibility index (Phi) is 7.07. The molecular weight excluding hydrogens is 436 g/mol. The summed E-state index contributed by atoms with van der Waals surface area (Å²) in [4.78, 5) is 38.1. The Hall–Kier alpha value is -4.33. The fraction of sp³-hybridized carbons (Fsp3) is 0.192. The number of hydrogen-bond donors (Lipinski definition) is 1. The second kappa shape index (κ2) is 10.5. The number of amides is 2. The van der Waals surface area contributed by atoms with Gasteiger partial charge in [-0.2, -0.15) is 0 Å². The molecule has 0 atom stereocenters. The average Bonchev–Trinajstić information content (AvgIpc) is 2.86. The molecule has 2 amide bonds. The normalized spacial score (nSPS) is 12.4. The van der Waals surface area contributed by atoms with Crippen molar-refractivity contribution in [2.75, 3.05) is 30.0 Å². The quantitative estimate of drug-likeness (QED) is 0.514. The van der Waals surface area contributed by atoms with Crippen LogP contribution in [0.15, 0.2) is 72.8 Å². The van der Waals surface area contributed by atoms with E-state index in [0.717, 1.165) is 5.56 Å². The number of rotatable bonds is 8. The molecule has 0 spiro atoms. The molecule has 0 aliphatic carbocycles. The Labute approximate surface area is 197 Å². The van der Waals surface area contributed by atoms with Crippen LogP contribution in [-0.2, 0) is 20.9 Å². The summed E-state index contributed by atoms with van der Waals surface area (Å²) in [6.07, 6.45) is 0. The largest absolute Gasteiger partial charge is 0.489 e. The number of ether oxygens (including phenoxy) is 3. The van der Waals surface area contributed by atoms with Gasteiger partial charge in [0.05, 0.1) is 12.3 Å². The minimum Gasteiger partial charge on any atom is -0.489 e. The highest BCUT2D eigenvalue weighted by atomic mass is 16.5. The molecule has 1 N–H and O–H groups in total. The lowest BCUT2D eigenvalue weighted by atomic mass is 10.1. The monoisotopic (exact) mass is 460 g/mol. The van der Waals surface area contributed by atoms with Gasteiger partial charge in [-0.1, -0.05) is 30.3 Å². The van der Waals surface area contributed by atoms with Crippen molar-refractivity contribution in [3.05, 3.63) is 83.9 Å². The predicted octanol–water partition coefficient (Wildman–Crippen LogP) is 3.81. The van der Waals surface area contributed by atoms with Crippen LogP contribution < -0.4 is 19.7 Å². The van der Waals surface area contributed by atoms with Gasteiger partial charge < -0.3 is 19.5 Å². The molecule has 0 fully saturated rings. The summed E-state index contributed by atoms with van der Waals surface area (Å²) in [7, 11) is 0. The summed E-state index contributed by atoms with van der Waals surface area (Å²) in [6.45, 7) is 1.94. The van der Waals surface area contributed by atoms with E-state index in [-0.39, 0.29) is 31.6 Å². The first-order chi connectivity index (χ1) is 16.5. The maximum atomic E-state index is 12.8. The third-order valence-electron chi connectivity index (χ3n) is 5.12. The third-order valence-corrected chi connectivity index (χ3v) is 5.12. The standard InChI is InChI=1S/C26H24N2O6/c1-2-32-25(30)15-28-22-13-8-19(14-23(22)34-17-24(28)29)26(31)27-20-9-11-21(12-10-20)33-16-18-6-4-3-5-7-18/h3-14H,2,15-17H2,1H3,(H,27,31). The summed E-state index contributed by atoms with van der Waals surface area (Å²) in [6, 6.07) is 21.6. The zero-order valence-corrected chi connectivity index (χ0v) is 18.7. The fourth-order valence-electron chi connectivity index (χ4n) is 3.43. The molecule has 3 aromatic carbocycles. The van der Waals surface area contributed by atoms with Gasteiger partial charge in [0.2, 0.25) is 0 Å². The maximum absolute atomic E-state index is 12.8. The van der Waals surface area contributed by atoms with Gasteiger partial charge >= 0.3 is 5.97 Å². The van der Waals surface area contributed by atoms with Crippen molar-refractivity contribution in [2.45, 2.75) is 13.5 Å². The first-order valence-electron chi connectivity index (χ1n) is 10.8. The Balaban J connectivity index is 1.39. The number of carbonyl (C=O) groups is 3. The van der Waals surface area contributed by atoms with Crippen molar-refractivity contribution in [1.82, 2.24) is 0 Å². The van der Waals surface area contributed by atoms with Crippen LogP contribution in [0.4, 0.5) is 11.4 Å². The Bertz CT molecular complexity index is 1180. The molecule has 4 rings (SSSR count). The molecular formula is C26H24N2O6. The van der Waals surface area contributed by atoms with Gasteiger partial charge in [-0.05, 0) is 55.0 Å². The highest BCUT2D eigenvalue weighted by Crippen LogP contribution is 2.33. The van der Waals surface area contributed by atoms with E-state index >= 15 is 0 Å². The summed E-state index contributed by atoms with van der Waals surface area (Å²) in [5.74, 6) is -0.163. The van der Waals surface area contributed by atoms with Gasteiger partial charge in [-0.25, -0.2) is 0 Å². The van der Waals surface area contributed by atoms with Gasteiger partial charge in [0.1, 0.15) is 24.7 Å². The van der Waals surface area contributed by atoms with Crippen LogP contribution >= 0.6 is 0 Å². The molecule has 1 aliphatic rings. The third kappa shape index (κ3) is 5.53. The lowest BCUT2D eigenvalue weighted by Gasteiger charge is -2.28. The van der Waals surface area contributed by atoms with Crippen molar-refractivity contribution in [1.29, 1.82) is 0 Å². The van der Waals surface area contributed by atoms with E-state index in [9.17, 15) is 14.4 Å². The van der Waals surface area contributed by atoms with E-state index < -0.39 is 5.97 Å². The molecule has 8 nitrogen and oxygen atoms in total. The smallest absolute Gasteiger partial charge is 0.326 e. The number of benzene rings is 3. The molecule has 0 saturated carbocycles. The Morgan fingerprint density at radius 2 is 1.79 bits per heavy atom. The van der Waals surface area contributed by atoms with Crippen molar-refractivity contribution in [3.63, 3.8) is 0 Å². The summed E-state index contributed by atoms with van der Waals surface area (Å²) < 4.78 is 16.2. The zero-order chi connectivity index (χ0) is 23.9. The number of esters is 1. The molecule has 34 heavy (non-hydrogen) atoms. The Morgan fingerprint density at radius 1 is 1.03 bits per heavy atom. The van der Waals surface area contributed by atoms with E-state index in [4.69, 9.17) is 14.2 Å². The van der Waals surface area contributed by atoms with E-state index in [0.29, 0.717) is 35.0 Å². The summed E-state index contributed by atoms with van der Waals surface area (Å²) in [5.41, 5.74) is 2.45. The number of anilines is 2. The van der Waals surface area contributed by atoms with Crippen LogP contribution in [0, 0.1) is 0 Å². The number of fused-ring (bicyclic) bond motifs is 1. The van der Waals surface area contributed by atoms with Crippen LogP contribution in [0.1, 0.15) is 22.8 Å². The van der Waals surface area contributed by atoms with E-state index in [1.54, 1.807) is 49.4 Å². The molecule has 3 aromatic rings. The van der Waals surface area contributed by atoms with Crippen molar-refractivity contribution < 1.29 is 28.6 Å². The number of nitrogens with zero attached hydrogens (tertiary/aromatic N) is 1. The molecule has 8 heteroatoms. The lowest BCUT2D eigenvalue weighted by Crippen LogP contribution is -2.42. The number of nitrogens with one attached hydrogen (secondary N) is 1. The first kappa shape index (κ1) is 22.8. The van der Waals surface area contributed by atoms with Gasteiger partial charge in [-0.3, -0.25) is 19.3 Å². The SMILES string of the molecule is CCOC(=O)CN1C(=O)COc2cc(C(=O)Nc3ccc(OCc4ccccc4)cc3)ccc21. The van der Waals surface area contributed by atoms with E-state index in [2.05, 4.69) is 5.32 Å².